The minimum absolute atomic E-state index is 0.166. The molecule has 3 aromatic heterocycles. The van der Waals surface area contributed by atoms with E-state index in [2.05, 4.69) is 15.3 Å². The van der Waals surface area contributed by atoms with Crippen molar-refractivity contribution in [3.63, 3.8) is 0 Å². The van der Waals surface area contributed by atoms with Gasteiger partial charge in [-0.15, -0.1) is 11.3 Å². The molecule has 0 saturated carbocycles. The van der Waals surface area contributed by atoms with Gasteiger partial charge >= 0.3 is 0 Å². The Morgan fingerprint density at radius 2 is 2.08 bits per heavy atom. The highest BCUT2D eigenvalue weighted by Gasteiger charge is 2.13. The minimum Gasteiger partial charge on any atom is -0.462 e. The number of rotatable bonds is 5. The molecule has 1 amide bonds. The second-order valence-electron chi connectivity index (χ2n) is 5.32. The lowest BCUT2D eigenvalue weighted by atomic mass is 10.2. The molecular formula is C18H17N3O2S. The van der Waals surface area contributed by atoms with Gasteiger partial charge in [0.1, 0.15) is 16.5 Å². The molecule has 1 N–H and O–H groups in total. The van der Waals surface area contributed by atoms with Crippen LogP contribution in [0.15, 0.2) is 52.5 Å². The molecule has 0 aliphatic rings. The summed E-state index contributed by atoms with van der Waals surface area (Å²) >= 11 is 1.52. The summed E-state index contributed by atoms with van der Waals surface area (Å²) in [5.74, 6) is 1.29. The molecule has 5 nitrogen and oxygen atoms in total. The van der Waals surface area contributed by atoms with Crippen molar-refractivity contribution in [2.45, 2.75) is 19.9 Å². The molecular weight excluding hydrogens is 322 g/mol. The number of nitrogens with one attached hydrogen (secondary N) is 1. The predicted molar refractivity (Wildman–Crippen MR) is 94.4 cm³/mol. The Hall–Kier alpha value is -2.73. The van der Waals surface area contributed by atoms with Crippen LogP contribution in [0.2, 0.25) is 0 Å². The van der Waals surface area contributed by atoms with Crippen molar-refractivity contribution < 1.29 is 9.21 Å². The number of hydrogen-bond donors (Lipinski definition) is 1. The molecule has 6 heteroatoms. The number of furan rings is 1. The van der Waals surface area contributed by atoms with E-state index >= 15 is 0 Å². The van der Waals surface area contributed by atoms with E-state index in [1.807, 2.05) is 43.5 Å². The largest absolute Gasteiger partial charge is 0.462 e. The Morgan fingerprint density at radius 1 is 1.29 bits per heavy atom. The molecule has 3 aromatic rings. The molecule has 0 fully saturated rings. The summed E-state index contributed by atoms with van der Waals surface area (Å²) in [4.78, 5) is 20.6. The predicted octanol–water partition coefficient (Wildman–Crippen LogP) is 4.00. The minimum atomic E-state index is -0.183. The van der Waals surface area contributed by atoms with Crippen molar-refractivity contribution in [1.29, 1.82) is 0 Å². The number of pyridine rings is 1. The number of hydrogen-bond acceptors (Lipinski definition) is 5. The SMILES string of the molecule is Cc1ccc(/C=C\C(=O)N[C@H](C)c2nc(-c3ccncc3)cs2)o1. The average molecular weight is 339 g/mol. The van der Waals surface area contributed by atoms with Gasteiger partial charge in [0.05, 0.1) is 11.7 Å². The van der Waals surface area contributed by atoms with Crippen LogP contribution >= 0.6 is 11.3 Å². The lowest BCUT2D eigenvalue weighted by Gasteiger charge is -2.08. The number of carbonyl (C=O) groups is 1. The molecule has 0 bridgehead atoms. The van der Waals surface area contributed by atoms with Crippen molar-refractivity contribution in [1.82, 2.24) is 15.3 Å². The van der Waals surface area contributed by atoms with Gasteiger partial charge in [0.2, 0.25) is 5.91 Å². The van der Waals surface area contributed by atoms with Crippen molar-refractivity contribution in [3.8, 4) is 11.3 Å². The molecule has 0 spiro atoms. The number of aromatic nitrogens is 2. The normalized spacial score (nSPS) is 12.4. The van der Waals surface area contributed by atoms with Crippen LogP contribution in [-0.2, 0) is 4.79 Å². The maximum atomic E-state index is 12.0. The third kappa shape index (κ3) is 3.97. The third-order valence-electron chi connectivity index (χ3n) is 3.39. The van der Waals surface area contributed by atoms with Crippen molar-refractivity contribution in [2.75, 3.05) is 0 Å². The lowest BCUT2D eigenvalue weighted by molar-refractivity contribution is -0.117. The lowest BCUT2D eigenvalue weighted by Crippen LogP contribution is -2.24. The van der Waals surface area contributed by atoms with Gasteiger partial charge in [0.25, 0.3) is 0 Å². The van der Waals surface area contributed by atoms with Crippen LogP contribution in [-0.4, -0.2) is 15.9 Å². The zero-order valence-electron chi connectivity index (χ0n) is 13.4. The summed E-state index contributed by atoms with van der Waals surface area (Å²) in [5.41, 5.74) is 1.90. The summed E-state index contributed by atoms with van der Waals surface area (Å²) in [6, 6.07) is 7.34. The van der Waals surface area contributed by atoms with Crippen molar-refractivity contribution >= 4 is 23.3 Å². The summed E-state index contributed by atoms with van der Waals surface area (Å²) < 4.78 is 5.39. The first-order valence-electron chi connectivity index (χ1n) is 7.52. The molecule has 0 radical (unpaired) electrons. The quantitative estimate of drug-likeness (QED) is 0.714. The van der Waals surface area contributed by atoms with Gasteiger partial charge in [-0.2, -0.15) is 0 Å². The first-order chi connectivity index (χ1) is 11.6. The van der Waals surface area contributed by atoms with E-state index < -0.39 is 0 Å². The smallest absolute Gasteiger partial charge is 0.244 e. The molecule has 24 heavy (non-hydrogen) atoms. The monoisotopic (exact) mass is 339 g/mol. The Morgan fingerprint density at radius 3 is 2.79 bits per heavy atom. The molecule has 0 saturated heterocycles. The third-order valence-corrected chi connectivity index (χ3v) is 4.41. The van der Waals surface area contributed by atoms with Crippen LogP contribution in [0.5, 0.6) is 0 Å². The molecule has 1 atom stereocenters. The van der Waals surface area contributed by atoms with Gasteiger partial charge in [0.15, 0.2) is 0 Å². The van der Waals surface area contributed by atoms with E-state index in [1.54, 1.807) is 18.5 Å². The van der Waals surface area contributed by atoms with E-state index in [9.17, 15) is 4.79 Å². The van der Waals surface area contributed by atoms with Crippen molar-refractivity contribution in [2.24, 2.45) is 0 Å². The summed E-state index contributed by atoms with van der Waals surface area (Å²) in [7, 11) is 0. The van der Waals surface area contributed by atoms with Crippen LogP contribution in [0.1, 0.15) is 29.5 Å². The highest BCUT2D eigenvalue weighted by molar-refractivity contribution is 7.10. The molecule has 122 valence electrons. The van der Waals surface area contributed by atoms with Crippen LogP contribution in [0, 0.1) is 6.92 Å². The molecule has 0 aliphatic heterocycles. The molecule has 3 heterocycles. The van der Waals surface area contributed by atoms with Crippen LogP contribution in [0.3, 0.4) is 0 Å². The summed E-state index contributed by atoms with van der Waals surface area (Å²) in [6.45, 7) is 3.78. The highest BCUT2D eigenvalue weighted by Crippen LogP contribution is 2.24. The average Bonchev–Trinajstić information content (AvgIpc) is 3.23. The fourth-order valence-corrected chi connectivity index (χ4v) is 3.00. The second kappa shape index (κ2) is 7.23. The first-order valence-corrected chi connectivity index (χ1v) is 8.40. The number of amides is 1. The van der Waals surface area contributed by atoms with Gasteiger partial charge < -0.3 is 9.73 Å². The van der Waals surface area contributed by atoms with E-state index in [1.165, 1.54) is 17.4 Å². The summed E-state index contributed by atoms with van der Waals surface area (Å²) in [5, 5.41) is 5.75. The molecule has 0 unspecified atom stereocenters. The van der Waals surface area contributed by atoms with Crippen LogP contribution < -0.4 is 5.32 Å². The number of aryl methyl sites for hydroxylation is 1. The Labute approximate surface area is 144 Å². The van der Waals surface area contributed by atoms with E-state index in [4.69, 9.17) is 4.42 Å². The standard InChI is InChI=1S/C18H17N3O2S/c1-12-3-4-15(23-12)5-6-17(22)20-13(2)18-21-16(11-24-18)14-7-9-19-10-8-14/h3-11,13H,1-2H3,(H,20,22)/b6-5-/t13-/m1/s1. The van der Waals surface area contributed by atoms with Gasteiger partial charge in [-0.25, -0.2) is 4.98 Å². The number of nitrogens with zero attached hydrogens (tertiary/aromatic N) is 2. The fourth-order valence-electron chi connectivity index (χ4n) is 2.17. The molecule has 0 aromatic carbocycles. The second-order valence-corrected chi connectivity index (χ2v) is 6.21. The van der Waals surface area contributed by atoms with Gasteiger partial charge in [-0.05, 0) is 44.2 Å². The maximum Gasteiger partial charge on any atom is 0.244 e. The van der Waals surface area contributed by atoms with Crippen molar-refractivity contribution in [3.05, 3.63) is 64.6 Å². The van der Waals surface area contributed by atoms with E-state index in [0.29, 0.717) is 5.76 Å². The molecule has 0 aliphatic carbocycles. The number of carbonyl (C=O) groups excluding carboxylic acids is 1. The molecule has 3 rings (SSSR count). The Balaban J connectivity index is 1.62. The van der Waals surface area contributed by atoms with E-state index in [-0.39, 0.29) is 11.9 Å². The first kappa shape index (κ1) is 16.1. The Bertz CT molecular complexity index is 852. The van der Waals surface area contributed by atoms with Gasteiger partial charge in [-0.1, -0.05) is 0 Å². The van der Waals surface area contributed by atoms with E-state index in [0.717, 1.165) is 22.0 Å². The maximum absolute atomic E-state index is 12.0. The number of thiazole rings is 1. The summed E-state index contributed by atoms with van der Waals surface area (Å²) in [6.07, 6.45) is 6.59. The van der Waals surface area contributed by atoms with Gasteiger partial charge in [-0.3, -0.25) is 9.78 Å². The Kier molecular flexibility index (Phi) is 4.86. The fraction of sp³-hybridized carbons (Fsp3) is 0.167. The zero-order chi connectivity index (χ0) is 16.9. The zero-order valence-corrected chi connectivity index (χ0v) is 14.2. The van der Waals surface area contributed by atoms with Gasteiger partial charge in [0, 0.05) is 29.4 Å². The van der Waals surface area contributed by atoms with Crippen LogP contribution in [0.25, 0.3) is 17.3 Å². The highest BCUT2D eigenvalue weighted by atomic mass is 32.1. The topological polar surface area (TPSA) is 68.0 Å². The van der Waals surface area contributed by atoms with Crippen LogP contribution in [0.4, 0.5) is 0 Å².